The fourth-order valence-corrected chi connectivity index (χ4v) is 4.47. The molecular formula is C23H12BrCl2NO3. The van der Waals surface area contributed by atoms with Crippen LogP contribution in [0.1, 0.15) is 27.7 Å². The summed E-state index contributed by atoms with van der Waals surface area (Å²) in [6, 6.07) is 18.5. The van der Waals surface area contributed by atoms with E-state index in [9.17, 15) is 9.59 Å². The van der Waals surface area contributed by atoms with Crippen LogP contribution in [0.25, 0.3) is 11.0 Å². The van der Waals surface area contributed by atoms with Crippen molar-refractivity contribution in [2.45, 2.75) is 6.04 Å². The molecule has 1 aliphatic rings. The highest BCUT2D eigenvalue weighted by molar-refractivity contribution is 9.10. The number of hydrogen-bond donors (Lipinski definition) is 0. The number of carbonyl (C=O) groups is 1. The van der Waals surface area contributed by atoms with Crippen molar-refractivity contribution >= 4 is 61.7 Å². The van der Waals surface area contributed by atoms with Gasteiger partial charge in [-0.3, -0.25) is 14.5 Å². The Balaban J connectivity index is 1.83. The second kappa shape index (κ2) is 7.27. The lowest BCUT2D eigenvalue weighted by Gasteiger charge is -2.25. The molecule has 1 amide bonds. The highest BCUT2D eigenvalue weighted by Gasteiger charge is 2.43. The van der Waals surface area contributed by atoms with Gasteiger partial charge in [-0.05, 0) is 54.1 Å². The number of nitrogens with zero attached hydrogens (tertiary/aromatic N) is 1. The Morgan fingerprint density at radius 2 is 1.67 bits per heavy atom. The van der Waals surface area contributed by atoms with E-state index in [1.807, 2.05) is 0 Å². The van der Waals surface area contributed by atoms with Gasteiger partial charge in [0.15, 0.2) is 5.43 Å². The maximum Gasteiger partial charge on any atom is 0.295 e. The molecule has 148 valence electrons. The van der Waals surface area contributed by atoms with E-state index < -0.39 is 11.9 Å². The highest BCUT2D eigenvalue weighted by Crippen LogP contribution is 2.42. The van der Waals surface area contributed by atoms with Crippen LogP contribution < -0.4 is 10.3 Å². The smallest absolute Gasteiger partial charge is 0.295 e. The zero-order valence-corrected chi connectivity index (χ0v) is 18.3. The minimum Gasteiger partial charge on any atom is -0.450 e. The number of anilines is 1. The highest BCUT2D eigenvalue weighted by atomic mass is 79.9. The number of rotatable bonds is 2. The van der Waals surface area contributed by atoms with Crippen LogP contribution in [0, 0.1) is 0 Å². The van der Waals surface area contributed by atoms with E-state index in [2.05, 4.69) is 15.9 Å². The van der Waals surface area contributed by atoms with Crippen molar-refractivity contribution in [2.24, 2.45) is 0 Å². The number of amides is 1. The fraction of sp³-hybridized carbons (Fsp3) is 0.0435. The summed E-state index contributed by atoms with van der Waals surface area (Å²) < 4.78 is 6.69. The largest absolute Gasteiger partial charge is 0.450 e. The SMILES string of the molecule is O=C1c2oc3ccc(Br)cc3c(=O)c2C(c2ccc(Cl)cc2)N1c1cccc(Cl)c1. The predicted molar refractivity (Wildman–Crippen MR) is 122 cm³/mol. The van der Waals surface area contributed by atoms with Gasteiger partial charge >= 0.3 is 0 Å². The molecule has 0 spiro atoms. The van der Waals surface area contributed by atoms with E-state index in [-0.39, 0.29) is 11.2 Å². The molecule has 5 rings (SSSR count). The van der Waals surface area contributed by atoms with Crippen molar-refractivity contribution in [3.8, 4) is 0 Å². The van der Waals surface area contributed by atoms with Gasteiger partial charge in [0.2, 0.25) is 5.76 Å². The molecule has 1 aliphatic heterocycles. The van der Waals surface area contributed by atoms with Gasteiger partial charge in [0, 0.05) is 20.2 Å². The Labute approximate surface area is 189 Å². The van der Waals surface area contributed by atoms with Crippen LogP contribution in [0.2, 0.25) is 10.0 Å². The lowest BCUT2D eigenvalue weighted by Crippen LogP contribution is -2.29. The van der Waals surface area contributed by atoms with Crippen LogP contribution in [-0.4, -0.2) is 5.91 Å². The molecule has 0 saturated heterocycles. The lowest BCUT2D eigenvalue weighted by molar-refractivity contribution is 0.0971. The van der Waals surface area contributed by atoms with Gasteiger partial charge < -0.3 is 4.42 Å². The molecule has 0 aliphatic carbocycles. The summed E-state index contributed by atoms with van der Waals surface area (Å²) in [4.78, 5) is 28.5. The van der Waals surface area contributed by atoms with E-state index >= 15 is 0 Å². The third-order valence-corrected chi connectivity index (χ3v) is 6.08. The molecule has 4 nitrogen and oxygen atoms in total. The van der Waals surface area contributed by atoms with Gasteiger partial charge in [-0.2, -0.15) is 0 Å². The number of carbonyl (C=O) groups excluding carboxylic acids is 1. The van der Waals surface area contributed by atoms with Gasteiger partial charge in [-0.15, -0.1) is 0 Å². The zero-order valence-electron chi connectivity index (χ0n) is 15.2. The van der Waals surface area contributed by atoms with Crippen LogP contribution in [0.4, 0.5) is 5.69 Å². The summed E-state index contributed by atoms with van der Waals surface area (Å²) in [5, 5.41) is 1.45. The lowest BCUT2D eigenvalue weighted by atomic mass is 9.98. The van der Waals surface area contributed by atoms with Crippen molar-refractivity contribution in [1.29, 1.82) is 0 Å². The topological polar surface area (TPSA) is 50.5 Å². The first kappa shape index (κ1) is 19.4. The molecule has 2 heterocycles. The first-order chi connectivity index (χ1) is 14.4. The van der Waals surface area contributed by atoms with E-state index in [0.717, 1.165) is 10.0 Å². The summed E-state index contributed by atoms with van der Waals surface area (Å²) in [6.07, 6.45) is 0. The monoisotopic (exact) mass is 499 g/mol. The fourth-order valence-electron chi connectivity index (χ4n) is 3.80. The molecule has 7 heteroatoms. The number of fused-ring (bicyclic) bond motifs is 2. The number of hydrogen-bond acceptors (Lipinski definition) is 3. The first-order valence-corrected chi connectivity index (χ1v) is 10.6. The second-order valence-electron chi connectivity index (χ2n) is 6.92. The summed E-state index contributed by atoms with van der Waals surface area (Å²) in [5.41, 5.74) is 1.73. The molecule has 0 fully saturated rings. The van der Waals surface area contributed by atoms with Crippen molar-refractivity contribution in [2.75, 3.05) is 4.90 Å². The molecule has 0 saturated carbocycles. The second-order valence-corrected chi connectivity index (χ2v) is 8.71. The Morgan fingerprint density at radius 3 is 2.40 bits per heavy atom. The molecular weight excluding hydrogens is 489 g/mol. The first-order valence-electron chi connectivity index (χ1n) is 9.05. The van der Waals surface area contributed by atoms with Crippen molar-refractivity contribution in [3.63, 3.8) is 0 Å². The molecule has 0 bridgehead atoms. The van der Waals surface area contributed by atoms with E-state index in [0.29, 0.717) is 32.3 Å². The maximum atomic E-state index is 13.5. The molecule has 4 aromatic rings. The van der Waals surface area contributed by atoms with Gasteiger partial charge in [-0.25, -0.2) is 0 Å². The third-order valence-electron chi connectivity index (χ3n) is 5.10. The van der Waals surface area contributed by atoms with E-state index in [1.54, 1.807) is 71.6 Å². The van der Waals surface area contributed by atoms with Gasteiger partial charge in [0.05, 0.1) is 17.0 Å². The summed E-state index contributed by atoms with van der Waals surface area (Å²) >= 11 is 15.6. The minimum atomic E-state index is -0.664. The van der Waals surface area contributed by atoms with Crippen molar-refractivity contribution in [3.05, 3.63) is 108 Å². The Bertz CT molecular complexity index is 1380. The third kappa shape index (κ3) is 3.05. The summed E-state index contributed by atoms with van der Waals surface area (Å²) in [5.74, 6) is -0.358. The average Bonchev–Trinajstić information content (AvgIpc) is 3.02. The maximum absolute atomic E-state index is 13.5. The minimum absolute atomic E-state index is 0.0368. The molecule has 3 aromatic carbocycles. The van der Waals surface area contributed by atoms with Crippen LogP contribution in [-0.2, 0) is 0 Å². The Kier molecular flexibility index (Phi) is 4.69. The van der Waals surface area contributed by atoms with Crippen LogP contribution in [0.3, 0.4) is 0 Å². The van der Waals surface area contributed by atoms with Crippen LogP contribution in [0.15, 0.2) is 80.4 Å². The standard InChI is InChI=1S/C23H12BrCl2NO3/c24-13-6-9-18-17(10-13)21(28)19-20(12-4-7-14(25)8-5-12)27(23(29)22(19)30-18)16-3-1-2-15(26)11-16/h1-11,20H. The zero-order chi connectivity index (χ0) is 21.0. The van der Waals surface area contributed by atoms with Crippen LogP contribution >= 0.6 is 39.1 Å². The average molecular weight is 501 g/mol. The van der Waals surface area contributed by atoms with Crippen LogP contribution in [0.5, 0.6) is 0 Å². The normalized spacial score (nSPS) is 15.6. The van der Waals surface area contributed by atoms with Gasteiger partial charge in [0.25, 0.3) is 5.91 Å². The Morgan fingerprint density at radius 1 is 0.900 bits per heavy atom. The molecule has 1 aromatic heterocycles. The quantitative estimate of drug-likeness (QED) is 0.311. The van der Waals surface area contributed by atoms with Gasteiger partial charge in [-0.1, -0.05) is 57.3 Å². The molecule has 1 unspecified atom stereocenters. The molecule has 0 radical (unpaired) electrons. The Hall–Kier alpha value is -2.60. The van der Waals surface area contributed by atoms with Crippen molar-refractivity contribution < 1.29 is 9.21 Å². The van der Waals surface area contributed by atoms with Crippen molar-refractivity contribution in [1.82, 2.24) is 0 Å². The summed E-state index contributed by atoms with van der Waals surface area (Å²) in [6.45, 7) is 0. The van der Waals surface area contributed by atoms with E-state index in [1.165, 1.54) is 0 Å². The predicted octanol–water partition coefficient (Wildman–Crippen LogP) is 6.61. The molecule has 0 N–H and O–H groups in total. The number of benzene rings is 3. The molecule has 1 atom stereocenters. The number of halogens is 3. The van der Waals surface area contributed by atoms with Gasteiger partial charge in [0.1, 0.15) is 5.58 Å². The summed E-state index contributed by atoms with van der Waals surface area (Å²) in [7, 11) is 0. The molecule has 30 heavy (non-hydrogen) atoms. The van der Waals surface area contributed by atoms with E-state index in [4.69, 9.17) is 27.6 Å².